The smallest absolute Gasteiger partial charge is 0.194 e. The molecule has 1 N–H and O–H groups in total. The monoisotopic (exact) mass is 459 g/mol. The maximum Gasteiger partial charge on any atom is 0.194 e. The number of methoxy groups -OCH3 is 2. The number of nitrogens with zero attached hydrogens (tertiary/aromatic N) is 2. The van der Waals surface area contributed by atoms with Crippen molar-refractivity contribution in [1.29, 1.82) is 0 Å². The van der Waals surface area contributed by atoms with Crippen LogP contribution >= 0.6 is 24.0 Å². The van der Waals surface area contributed by atoms with Gasteiger partial charge in [-0.2, -0.15) is 0 Å². The van der Waals surface area contributed by atoms with Gasteiger partial charge in [0.1, 0.15) is 0 Å². The number of hydrogen-bond donors (Lipinski definition) is 1. The van der Waals surface area contributed by atoms with Gasteiger partial charge in [-0.3, -0.25) is 4.99 Å². The lowest BCUT2D eigenvalue weighted by Crippen LogP contribution is -2.44. The Bertz CT molecular complexity index is 603. The Balaban J connectivity index is 0.00000312. The molecule has 0 aromatic heterocycles. The third-order valence-corrected chi connectivity index (χ3v) is 4.15. The number of aliphatic imine (C=N–C) groups is 1. The lowest BCUT2D eigenvalue weighted by molar-refractivity contribution is 0.346. The summed E-state index contributed by atoms with van der Waals surface area (Å²) in [4.78, 5) is 7.06. The van der Waals surface area contributed by atoms with E-state index in [9.17, 15) is 0 Å². The molecule has 0 saturated carbocycles. The molecule has 0 unspecified atom stereocenters. The fourth-order valence-electron chi connectivity index (χ4n) is 2.90. The van der Waals surface area contributed by atoms with Crippen LogP contribution in [0, 0.1) is 0 Å². The summed E-state index contributed by atoms with van der Waals surface area (Å²) in [5, 5.41) is 3.41. The van der Waals surface area contributed by atoms with Crippen LogP contribution in [0.15, 0.2) is 29.3 Å². The molecule has 2 rings (SSSR count). The van der Waals surface area contributed by atoms with Crippen molar-refractivity contribution in [2.45, 2.75) is 33.2 Å². The lowest BCUT2D eigenvalue weighted by atomic mass is 9.99. The number of fused-ring (bicyclic) bond motifs is 1. The summed E-state index contributed by atoms with van der Waals surface area (Å²) in [6.45, 7) is 7.62. The molecular weight excluding hydrogens is 429 g/mol. The second-order valence-electron chi connectivity index (χ2n) is 5.74. The van der Waals surface area contributed by atoms with Crippen molar-refractivity contribution in [2.24, 2.45) is 4.99 Å². The Morgan fingerprint density at radius 3 is 2.52 bits per heavy atom. The maximum absolute atomic E-state index is 5.44. The van der Waals surface area contributed by atoms with E-state index < -0.39 is 0 Å². The molecule has 0 amide bonds. The van der Waals surface area contributed by atoms with E-state index in [0.29, 0.717) is 0 Å². The number of guanidine groups is 1. The minimum atomic E-state index is 0. The molecule has 1 aromatic carbocycles. The standard InChI is InChI=1S/C19H29N3O2.HI/c1-5-7-8-10-21-19(20-6-2)22-11-9-15-12-17(23-3)18(24-4)13-16(15)14-22;/h5,7,12-13H,6,8-11,14H2,1-4H3,(H,20,21);1H/b7-5+;. The number of halogens is 1. The van der Waals surface area contributed by atoms with Crippen molar-refractivity contribution >= 4 is 29.9 Å². The SMILES string of the molecule is C/C=C/CCN=C(NCC)N1CCc2cc(OC)c(OC)cc2C1.I. The number of ether oxygens (including phenoxy) is 2. The summed E-state index contributed by atoms with van der Waals surface area (Å²) in [7, 11) is 3.36. The van der Waals surface area contributed by atoms with Gasteiger partial charge >= 0.3 is 0 Å². The average Bonchev–Trinajstić information content (AvgIpc) is 2.62. The largest absolute Gasteiger partial charge is 0.493 e. The van der Waals surface area contributed by atoms with Crippen LogP contribution in [0.2, 0.25) is 0 Å². The molecular formula is C19H30IN3O2. The first-order chi connectivity index (χ1) is 11.7. The first kappa shape index (κ1) is 21.6. The van der Waals surface area contributed by atoms with Gasteiger partial charge in [-0.1, -0.05) is 12.2 Å². The molecule has 1 aliphatic rings. The van der Waals surface area contributed by atoms with Gasteiger partial charge in [0.05, 0.1) is 14.2 Å². The van der Waals surface area contributed by atoms with Gasteiger partial charge in [-0.15, -0.1) is 24.0 Å². The van der Waals surface area contributed by atoms with E-state index >= 15 is 0 Å². The van der Waals surface area contributed by atoms with Crippen LogP contribution in [0.5, 0.6) is 11.5 Å². The van der Waals surface area contributed by atoms with Crippen molar-refractivity contribution in [3.05, 3.63) is 35.4 Å². The molecule has 0 atom stereocenters. The average molecular weight is 459 g/mol. The summed E-state index contributed by atoms with van der Waals surface area (Å²) < 4.78 is 10.9. The molecule has 140 valence electrons. The van der Waals surface area contributed by atoms with Crippen LogP contribution in [-0.2, 0) is 13.0 Å². The van der Waals surface area contributed by atoms with Crippen LogP contribution in [0.1, 0.15) is 31.4 Å². The van der Waals surface area contributed by atoms with E-state index in [4.69, 9.17) is 14.5 Å². The molecule has 1 heterocycles. The number of benzene rings is 1. The minimum Gasteiger partial charge on any atom is -0.493 e. The predicted octanol–water partition coefficient (Wildman–Crippen LogP) is 3.61. The zero-order valence-electron chi connectivity index (χ0n) is 15.7. The zero-order chi connectivity index (χ0) is 17.4. The predicted molar refractivity (Wildman–Crippen MR) is 114 cm³/mol. The highest BCUT2D eigenvalue weighted by Gasteiger charge is 2.21. The second kappa shape index (κ2) is 11.2. The van der Waals surface area contributed by atoms with Gasteiger partial charge < -0.3 is 19.7 Å². The summed E-state index contributed by atoms with van der Waals surface area (Å²) in [5.74, 6) is 2.58. The maximum atomic E-state index is 5.44. The molecule has 5 nitrogen and oxygen atoms in total. The number of hydrogen-bond acceptors (Lipinski definition) is 3. The molecule has 1 aromatic rings. The first-order valence-electron chi connectivity index (χ1n) is 8.61. The quantitative estimate of drug-likeness (QED) is 0.232. The molecule has 1 aliphatic heterocycles. The van der Waals surface area contributed by atoms with Crippen LogP contribution < -0.4 is 14.8 Å². The molecule has 0 radical (unpaired) electrons. The Hall–Kier alpha value is -1.44. The van der Waals surface area contributed by atoms with Crippen LogP contribution in [0.4, 0.5) is 0 Å². The Kier molecular flexibility index (Phi) is 9.70. The minimum absolute atomic E-state index is 0. The highest BCUT2D eigenvalue weighted by atomic mass is 127. The molecule has 25 heavy (non-hydrogen) atoms. The van der Waals surface area contributed by atoms with E-state index in [1.807, 2.05) is 6.92 Å². The summed E-state index contributed by atoms with van der Waals surface area (Å²) in [6.07, 6.45) is 6.17. The summed E-state index contributed by atoms with van der Waals surface area (Å²) >= 11 is 0. The van der Waals surface area contributed by atoms with E-state index in [0.717, 1.165) is 56.5 Å². The van der Waals surface area contributed by atoms with Crippen LogP contribution in [0.25, 0.3) is 0 Å². The van der Waals surface area contributed by atoms with E-state index in [2.05, 4.69) is 41.4 Å². The third kappa shape index (κ3) is 5.80. The van der Waals surface area contributed by atoms with Gasteiger partial charge in [0.25, 0.3) is 0 Å². The van der Waals surface area contributed by atoms with Crippen molar-refractivity contribution < 1.29 is 9.47 Å². The Morgan fingerprint density at radius 1 is 1.24 bits per heavy atom. The van der Waals surface area contributed by atoms with Crippen LogP contribution in [0.3, 0.4) is 0 Å². The lowest BCUT2D eigenvalue weighted by Gasteiger charge is -2.32. The molecule has 0 spiro atoms. The zero-order valence-corrected chi connectivity index (χ0v) is 18.0. The van der Waals surface area contributed by atoms with Crippen molar-refractivity contribution in [3.8, 4) is 11.5 Å². The number of allylic oxidation sites excluding steroid dienone is 1. The highest BCUT2D eigenvalue weighted by molar-refractivity contribution is 14.0. The molecule has 0 saturated heterocycles. The Labute approximate surface area is 168 Å². The van der Waals surface area contributed by atoms with Crippen molar-refractivity contribution in [3.63, 3.8) is 0 Å². The number of nitrogens with one attached hydrogen (secondary N) is 1. The van der Waals surface area contributed by atoms with Gasteiger partial charge in [0.15, 0.2) is 17.5 Å². The van der Waals surface area contributed by atoms with Gasteiger partial charge in [-0.05, 0) is 49.9 Å². The third-order valence-electron chi connectivity index (χ3n) is 4.15. The first-order valence-corrected chi connectivity index (χ1v) is 8.61. The second-order valence-corrected chi connectivity index (χ2v) is 5.74. The molecule has 0 aliphatic carbocycles. The number of rotatable bonds is 6. The fraction of sp³-hybridized carbons (Fsp3) is 0.526. The normalized spacial score (nSPS) is 14.1. The topological polar surface area (TPSA) is 46.1 Å². The summed E-state index contributed by atoms with van der Waals surface area (Å²) in [5.41, 5.74) is 2.60. The summed E-state index contributed by atoms with van der Waals surface area (Å²) in [6, 6.07) is 4.19. The van der Waals surface area contributed by atoms with E-state index in [-0.39, 0.29) is 24.0 Å². The fourth-order valence-corrected chi connectivity index (χ4v) is 2.90. The van der Waals surface area contributed by atoms with Crippen molar-refractivity contribution in [2.75, 3.05) is 33.9 Å². The van der Waals surface area contributed by atoms with Crippen LogP contribution in [-0.4, -0.2) is 44.7 Å². The Morgan fingerprint density at radius 2 is 1.92 bits per heavy atom. The van der Waals surface area contributed by atoms with E-state index in [1.54, 1.807) is 14.2 Å². The van der Waals surface area contributed by atoms with Gasteiger partial charge in [-0.25, -0.2) is 0 Å². The van der Waals surface area contributed by atoms with Gasteiger partial charge in [0, 0.05) is 26.2 Å². The molecule has 0 bridgehead atoms. The highest BCUT2D eigenvalue weighted by Crippen LogP contribution is 2.33. The van der Waals surface area contributed by atoms with Crippen molar-refractivity contribution in [1.82, 2.24) is 10.2 Å². The van der Waals surface area contributed by atoms with Gasteiger partial charge in [0.2, 0.25) is 0 Å². The molecule has 0 fully saturated rings. The molecule has 6 heteroatoms. The van der Waals surface area contributed by atoms with E-state index in [1.165, 1.54) is 11.1 Å².